The number of imidazole rings is 1. The number of carboxylic acid groups (broad SMARTS) is 1. The van der Waals surface area contributed by atoms with E-state index in [-0.39, 0.29) is 16.8 Å². The minimum atomic E-state index is -0.945. The molecule has 3 aromatic rings. The summed E-state index contributed by atoms with van der Waals surface area (Å²) in [7, 11) is 0. The Morgan fingerprint density at radius 2 is 2.00 bits per heavy atom. The summed E-state index contributed by atoms with van der Waals surface area (Å²) < 4.78 is 16.4. The number of aromatic carboxylic acids is 1. The first-order valence-corrected chi connectivity index (χ1v) is 11.8. The van der Waals surface area contributed by atoms with Crippen LogP contribution in [0.5, 0.6) is 0 Å². The van der Waals surface area contributed by atoms with Gasteiger partial charge in [-0.15, -0.1) is 0 Å². The molecule has 0 amide bonds. The van der Waals surface area contributed by atoms with Crippen molar-refractivity contribution in [2.75, 3.05) is 0 Å². The van der Waals surface area contributed by atoms with Gasteiger partial charge in [0.2, 0.25) is 0 Å². The van der Waals surface area contributed by atoms with Crippen molar-refractivity contribution in [3.63, 3.8) is 0 Å². The molecule has 2 aromatic carbocycles. The van der Waals surface area contributed by atoms with E-state index < -0.39 is 5.97 Å². The molecule has 0 radical (unpaired) electrons. The van der Waals surface area contributed by atoms with Gasteiger partial charge < -0.3 is 9.67 Å². The highest BCUT2D eigenvalue weighted by atomic mass is 19.1. The summed E-state index contributed by atoms with van der Waals surface area (Å²) >= 11 is 0. The summed E-state index contributed by atoms with van der Waals surface area (Å²) in [6.45, 7) is 9.10. The Morgan fingerprint density at radius 3 is 2.73 bits per heavy atom. The van der Waals surface area contributed by atoms with Gasteiger partial charge in [0.15, 0.2) is 0 Å². The molecule has 1 aromatic heterocycles. The van der Waals surface area contributed by atoms with Crippen LogP contribution >= 0.6 is 0 Å². The number of aromatic nitrogens is 2. The molecule has 2 aliphatic rings. The summed E-state index contributed by atoms with van der Waals surface area (Å²) in [6, 6.07) is 10.6. The molecule has 172 valence electrons. The second kappa shape index (κ2) is 7.82. The molecule has 4 nitrogen and oxygen atoms in total. The Morgan fingerprint density at radius 1 is 1.21 bits per heavy atom. The Kier molecular flexibility index (Phi) is 5.19. The lowest BCUT2D eigenvalue weighted by molar-refractivity contribution is 0.0697. The first-order chi connectivity index (χ1) is 15.6. The topological polar surface area (TPSA) is 55.1 Å². The Hall–Kier alpha value is -2.95. The molecule has 0 aliphatic heterocycles. The summed E-state index contributed by atoms with van der Waals surface area (Å²) in [5.74, 6) is 0.376. The fourth-order valence-electron chi connectivity index (χ4n) is 6.32. The smallest absolute Gasteiger partial charge is 0.335 e. The number of allylic oxidation sites excluding steroid dienone is 2. The highest BCUT2D eigenvalue weighted by Gasteiger charge is 2.35. The molecule has 2 aliphatic carbocycles. The van der Waals surface area contributed by atoms with Crippen molar-refractivity contribution in [2.24, 2.45) is 11.3 Å². The third kappa shape index (κ3) is 3.98. The van der Waals surface area contributed by atoms with E-state index in [0.29, 0.717) is 18.4 Å². The normalized spacial score (nSPS) is 22.1. The lowest BCUT2D eigenvalue weighted by atomic mass is 9.70. The molecule has 0 saturated heterocycles. The molecular formula is C28H31FN2O2. The standard InChI is InChI=1S/C28H31FN2O2/c1-16-9-21(15-28(3,4)14-16)31-25-8-6-19(27(32)33)11-24(25)30-26(31)13-22-17(2)10-18-5-7-20(29)12-23(18)22/h5-8,11-12,16,21H,9-10,13-15H2,1-4H3,(H,32,33)/t16-,21+/m1/s1. The van der Waals surface area contributed by atoms with Crippen LogP contribution in [0.25, 0.3) is 16.6 Å². The molecule has 0 unspecified atom stereocenters. The Balaban J connectivity index is 1.64. The van der Waals surface area contributed by atoms with Crippen molar-refractivity contribution in [1.82, 2.24) is 9.55 Å². The van der Waals surface area contributed by atoms with Gasteiger partial charge in [-0.2, -0.15) is 0 Å². The van der Waals surface area contributed by atoms with E-state index in [9.17, 15) is 14.3 Å². The van der Waals surface area contributed by atoms with Gasteiger partial charge in [0.05, 0.1) is 16.6 Å². The van der Waals surface area contributed by atoms with Crippen LogP contribution in [-0.2, 0) is 12.8 Å². The zero-order valence-corrected chi connectivity index (χ0v) is 19.8. The van der Waals surface area contributed by atoms with Gasteiger partial charge in [-0.1, -0.05) is 32.4 Å². The number of nitrogens with zero attached hydrogens (tertiary/aromatic N) is 2. The number of hydrogen-bond donors (Lipinski definition) is 1. The van der Waals surface area contributed by atoms with Gasteiger partial charge in [0.1, 0.15) is 11.6 Å². The monoisotopic (exact) mass is 446 g/mol. The maximum atomic E-state index is 14.1. The highest BCUT2D eigenvalue weighted by Crippen LogP contribution is 2.46. The van der Waals surface area contributed by atoms with Gasteiger partial charge in [0.25, 0.3) is 0 Å². The molecule has 1 saturated carbocycles. The zero-order valence-electron chi connectivity index (χ0n) is 19.8. The first kappa shape index (κ1) is 21.9. The first-order valence-electron chi connectivity index (χ1n) is 11.8. The lowest BCUT2D eigenvalue weighted by Gasteiger charge is -2.40. The summed E-state index contributed by atoms with van der Waals surface area (Å²) in [4.78, 5) is 16.5. The van der Waals surface area contributed by atoms with Crippen molar-refractivity contribution < 1.29 is 14.3 Å². The second-order valence-electron chi connectivity index (χ2n) is 10.9. The number of halogens is 1. The summed E-state index contributed by atoms with van der Waals surface area (Å²) in [5.41, 5.74) is 6.72. The zero-order chi connectivity index (χ0) is 23.5. The maximum Gasteiger partial charge on any atom is 0.335 e. The molecule has 33 heavy (non-hydrogen) atoms. The predicted molar refractivity (Wildman–Crippen MR) is 129 cm³/mol. The summed E-state index contributed by atoms with van der Waals surface area (Å²) in [5, 5.41) is 9.49. The highest BCUT2D eigenvalue weighted by molar-refractivity contribution is 5.92. The predicted octanol–water partition coefficient (Wildman–Crippen LogP) is 6.83. The van der Waals surface area contributed by atoms with Crippen LogP contribution in [-0.4, -0.2) is 20.6 Å². The Bertz CT molecular complexity index is 1300. The van der Waals surface area contributed by atoms with E-state index in [2.05, 4.69) is 32.3 Å². The van der Waals surface area contributed by atoms with Gasteiger partial charge in [-0.3, -0.25) is 0 Å². The van der Waals surface area contributed by atoms with Gasteiger partial charge in [-0.05, 0) is 91.0 Å². The summed E-state index contributed by atoms with van der Waals surface area (Å²) in [6.07, 6.45) is 4.78. The SMILES string of the molecule is CC1=C(Cc2nc3cc(C(=O)O)ccc3n2[C@H]2C[C@@H](C)CC(C)(C)C2)c2cc(F)ccc2C1. The van der Waals surface area contributed by atoms with Crippen molar-refractivity contribution in [3.05, 3.63) is 70.3 Å². The third-order valence-corrected chi connectivity index (χ3v) is 7.44. The number of carboxylic acids is 1. The quantitative estimate of drug-likeness (QED) is 0.478. The lowest BCUT2D eigenvalue weighted by Crippen LogP contribution is -2.30. The van der Waals surface area contributed by atoms with Crippen LogP contribution in [0.2, 0.25) is 0 Å². The van der Waals surface area contributed by atoms with E-state index >= 15 is 0 Å². The molecule has 2 atom stereocenters. The molecule has 5 rings (SSSR count). The van der Waals surface area contributed by atoms with Crippen molar-refractivity contribution in [3.8, 4) is 0 Å². The van der Waals surface area contributed by atoms with Crippen LogP contribution in [0, 0.1) is 17.2 Å². The van der Waals surface area contributed by atoms with Crippen molar-refractivity contribution >= 4 is 22.6 Å². The molecule has 1 N–H and O–H groups in total. The largest absolute Gasteiger partial charge is 0.478 e. The minimum absolute atomic E-state index is 0.219. The van der Waals surface area contributed by atoms with Crippen LogP contribution in [0.15, 0.2) is 42.0 Å². The van der Waals surface area contributed by atoms with E-state index in [1.165, 1.54) is 18.1 Å². The van der Waals surface area contributed by atoms with Crippen molar-refractivity contribution in [2.45, 2.75) is 65.8 Å². The fourth-order valence-corrected chi connectivity index (χ4v) is 6.32. The average Bonchev–Trinajstić information content (AvgIpc) is 3.23. The van der Waals surface area contributed by atoms with Gasteiger partial charge in [-0.25, -0.2) is 14.2 Å². The van der Waals surface area contributed by atoms with E-state index in [1.807, 2.05) is 12.1 Å². The van der Waals surface area contributed by atoms with Gasteiger partial charge in [0, 0.05) is 12.5 Å². The number of hydrogen-bond acceptors (Lipinski definition) is 2. The molecule has 1 fully saturated rings. The van der Waals surface area contributed by atoms with Crippen LogP contribution < -0.4 is 0 Å². The Labute approximate surface area is 194 Å². The molecular weight excluding hydrogens is 415 g/mol. The number of fused-ring (bicyclic) bond motifs is 2. The molecule has 5 heteroatoms. The number of benzene rings is 2. The average molecular weight is 447 g/mol. The van der Waals surface area contributed by atoms with E-state index in [1.54, 1.807) is 18.2 Å². The molecule has 1 heterocycles. The number of rotatable bonds is 4. The second-order valence-corrected chi connectivity index (χ2v) is 10.9. The third-order valence-electron chi connectivity index (χ3n) is 7.44. The fraction of sp³-hybridized carbons (Fsp3) is 0.429. The van der Waals surface area contributed by atoms with Crippen LogP contribution in [0.4, 0.5) is 4.39 Å². The molecule has 0 spiro atoms. The molecule has 0 bridgehead atoms. The van der Waals surface area contributed by atoms with E-state index in [4.69, 9.17) is 4.98 Å². The van der Waals surface area contributed by atoms with Gasteiger partial charge >= 0.3 is 5.97 Å². The van der Waals surface area contributed by atoms with E-state index in [0.717, 1.165) is 52.8 Å². The minimum Gasteiger partial charge on any atom is -0.478 e. The van der Waals surface area contributed by atoms with Crippen LogP contribution in [0.1, 0.15) is 80.3 Å². The number of carbonyl (C=O) groups is 1. The maximum absolute atomic E-state index is 14.1. The van der Waals surface area contributed by atoms with Crippen LogP contribution in [0.3, 0.4) is 0 Å². The van der Waals surface area contributed by atoms with Crippen molar-refractivity contribution in [1.29, 1.82) is 0 Å².